The van der Waals surface area contributed by atoms with Gasteiger partial charge < -0.3 is 19.1 Å². The van der Waals surface area contributed by atoms with Gasteiger partial charge in [-0.05, 0) is 68.2 Å². The molecule has 0 radical (unpaired) electrons. The van der Waals surface area contributed by atoms with Crippen LogP contribution in [0.4, 0.5) is 4.79 Å². The van der Waals surface area contributed by atoms with E-state index in [1.165, 1.54) is 70.6 Å². The van der Waals surface area contributed by atoms with Crippen molar-refractivity contribution < 1.29 is 33.5 Å². The summed E-state index contributed by atoms with van der Waals surface area (Å²) in [6, 6.07) is 0. The summed E-state index contributed by atoms with van der Waals surface area (Å²) in [5.41, 5.74) is -2.17. The van der Waals surface area contributed by atoms with Gasteiger partial charge in [-0.25, -0.2) is 4.79 Å². The van der Waals surface area contributed by atoms with E-state index in [1.807, 2.05) is 72.4 Å². The highest BCUT2D eigenvalue weighted by Crippen LogP contribution is 2.42. The van der Waals surface area contributed by atoms with Crippen LogP contribution in [0.25, 0.3) is 0 Å². The predicted octanol–water partition coefficient (Wildman–Crippen LogP) is 11.8. The second kappa shape index (κ2) is 21.9. The topological polar surface area (TPSA) is 94.6 Å². The number of carbonyl (C=O) groups is 3. The zero-order chi connectivity index (χ0) is 39.0. The minimum atomic E-state index is -0.683. The molecule has 0 aliphatic carbocycles. The van der Waals surface area contributed by atoms with Crippen molar-refractivity contribution in [3.63, 3.8) is 0 Å². The average molecular weight is 737 g/mol. The Morgan fingerprint density at radius 2 is 0.885 bits per heavy atom. The molecule has 52 heavy (non-hydrogen) atoms. The van der Waals surface area contributed by atoms with Crippen molar-refractivity contribution in [2.75, 3.05) is 0 Å². The van der Waals surface area contributed by atoms with Crippen LogP contribution in [0, 0.1) is 5.92 Å². The Labute approximate surface area is 318 Å². The molecule has 0 aromatic rings. The molecule has 2 heterocycles. The van der Waals surface area contributed by atoms with Crippen LogP contribution in [0.15, 0.2) is 0 Å². The van der Waals surface area contributed by atoms with Gasteiger partial charge in [0.1, 0.15) is 12.2 Å². The van der Waals surface area contributed by atoms with Crippen molar-refractivity contribution >= 4 is 18.1 Å². The first-order valence-electron chi connectivity index (χ1n) is 21.2. The van der Waals surface area contributed by atoms with Crippen LogP contribution in [-0.4, -0.2) is 62.6 Å². The zero-order valence-corrected chi connectivity index (χ0v) is 35.5. The molecule has 0 amide bonds. The first-order chi connectivity index (χ1) is 24.3. The lowest BCUT2D eigenvalue weighted by Crippen LogP contribution is -2.63. The van der Waals surface area contributed by atoms with Crippen molar-refractivity contribution in [2.24, 2.45) is 5.92 Å². The van der Waals surface area contributed by atoms with Gasteiger partial charge in [0.05, 0.1) is 28.1 Å². The smallest absolute Gasteiger partial charge is 0.431 e. The number of hydrogen-bond acceptors (Lipinski definition) is 9. The fraction of sp³-hybridized carbons (Fsp3) is 0.930. The summed E-state index contributed by atoms with van der Waals surface area (Å²) in [4.78, 5) is 51.4. The second-order valence-electron chi connectivity index (χ2n) is 18.6. The van der Waals surface area contributed by atoms with Crippen LogP contribution in [0.1, 0.15) is 217 Å². The highest BCUT2D eigenvalue weighted by molar-refractivity contribution is 5.71. The molecular weight excluding hydrogens is 656 g/mol. The third kappa shape index (κ3) is 15.8. The summed E-state index contributed by atoms with van der Waals surface area (Å²) in [6.45, 7) is 22.7. The molecule has 1 unspecified atom stereocenters. The summed E-state index contributed by atoms with van der Waals surface area (Å²) < 4.78 is 11.9. The van der Waals surface area contributed by atoms with Crippen LogP contribution in [-0.2, 0) is 28.7 Å². The van der Waals surface area contributed by atoms with E-state index in [0.29, 0.717) is 32.1 Å². The van der Waals surface area contributed by atoms with Crippen LogP contribution in [0.2, 0.25) is 0 Å². The molecule has 1 atom stereocenters. The van der Waals surface area contributed by atoms with E-state index in [0.717, 1.165) is 38.5 Å². The van der Waals surface area contributed by atoms with Crippen molar-refractivity contribution in [3.8, 4) is 0 Å². The minimum absolute atomic E-state index is 0.172. The molecule has 0 saturated carbocycles. The summed E-state index contributed by atoms with van der Waals surface area (Å²) in [6.07, 6.45) is 21.1. The van der Waals surface area contributed by atoms with E-state index in [4.69, 9.17) is 19.1 Å². The Morgan fingerprint density at radius 3 is 1.29 bits per heavy atom. The van der Waals surface area contributed by atoms with Gasteiger partial charge in [0.15, 0.2) is 0 Å². The van der Waals surface area contributed by atoms with E-state index < -0.39 is 28.3 Å². The molecule has 0 aromatic carbocycles. The van der Waals surface area contributed by atoms with E-state index in [-0.39, 0.29) is 30.1 Å². The third-order valence-electron chi connectivity index (χ3n) is 11.1. The Kier molecular flexibility index (Phi) is 19.5. The number of hydrogen-bond donors (Lipinski definition) is 0. The molecule has 2 aliphatic rings. The molecular formula is C43H80N2O7. The fourth-order valence-electron chi connectivity index (χ4n) is 8.74. The maximum absolute atomic E-state index is 13.2. The maximum atomic E-state index is 13.2. The van der Waals surface area contributed by atoms with Crippen molar-refractivity contribution in [1.29, 1.82) is 0 Å². The van der Waals surface area contributed by atoms with Crippen LogP contribution in [0.5, 0.6) is 0 Å². The van der Waals surface area contributed by atoms with Gasteiger partial charge in [-0.1, -0.05) is 117 Å². The van der Waals surface area contributed by atoms with Gasteiger partial charge in [0, 0.05) is 32.1 Å². The molecule has 2 fully saturated rings. The number of carbonyl (C=O) groups excluding carboxylic acids is 3. The van der Waals surface area contributed by atoms with E-state index >= 15 is 0 Å². The van der Waals surface area contributed by atoms with Gasteiger partial charge in [0.25, 0.3) is 0 Å². The molecule has 2 rings (SSSR count). The Hall–Kier alpha value is -1.87. The molecule has 0 aromatic heterocycles. The Morgan fingerprint density at radius 1 is 0.538 bits per heavy atom. The molecule has 2 saturated heterocycles. The molecule has 0 spiro atoms. The molecule has 9 heteroatoms. The zero-order valence-electron chi connectivity index (χ0n) is 35.5. The Balaban J connectivity index is 1.83. The highest BCUT2D eigenvalue weighted by Gasteiger charge is 2.51. The number of rotatable bonds is 23. The second-order valence-corrected chi connectivity index (χ2v) is 18.6. The van der Waals surface area contributed by atoms with Gasteiger partial charge in [-0.2, -0.15) is 0 Å². The number of nitrogens with zero attached hydrogens (tertiary/aromatic N) is 2. The van der Waals surface area contributed by atoms with Crippen LogP contribution >= 0.6 is 0 Å². The maximum Gasteiger partial charge on any atom is 0.508 e. The van der Waals surface area contributed by atoms with Crippen molar-refractivity contribution in [1.82, 2.24) is 10.1 Å². The first-order valence-corrected chi connectivity index (χ1v) is 21.2. The molecule has 0 bridgehead atoms. The fourth-order valence-corrected chi connectivity index (χ4v) is 8.74. The van der Waals surface area contributed by atoms with Crippen LogP contribution < -0.4 is 0 Å². The normalized spacial score (nSPS) is 21.0. The summed E-state index contributed by atoms with van der Waals surface area (Å²) in [5.74, 6) is -0.571. The first kappa shape index (κ1) is 46.3. The van der Waals surface area contributed by atoms with E-state index in [9.17, 15) is 14.4 Å². The van der Waals surface area contributed by atoms with Gasteiger partial charge >= 0.3 is 18.1 Å². The molecule has 9 nitrogen and oxygen atoms in total. The SMILES string of the molecule is CCCCCCCCCCCC(=O)ON1C(C)(C)CC(OC(=O)OC2CC(C)(C)N(OC(=O)C(C)CCCCCCCCC)C(C)(C)C2)CC1(C)C. The monoisotopic (exact) mass is 737 g/mol. The lowest BCUT2D eigenvalue weighted by atomic mass is 9.80. The lowest BCUT2D eigenvalue weighted by molar-refractivity contribution is -0.282. The summed E-state index contributed by atoms with van der Waals surface area (Å²) in [5, 5.41) is 3.64. The standard InChI is InChI=1S/C43H80N2O7/c1-12-14-16-18-20-21-23-25-27-29-37(46)51-44-40(4,5)30-35(31-41(44,6)7)49-39(48)50-36-32-42(8,9)45(43(10,11)33-36)52-38(47)34(3)28-26-24-22-19-17-15-13-2/h34-36H,12-33H2,1-11H3. The summed E-state index contributed by atoms with van der Waals surface area (Å²) in [7, 11) is 0. The number of ether oxygens (including phenoxy) is 2. The van der Waals surface area contributed by atoms with Crippen molar-refractivity contribution in [3.05, 3.63) is 0 Å². The van der Waals surface area contributed by atoms with E-state index in [1.54, 1.807) is 0 Å². The lowest BCUT2D eigenvalue weighted by Gasteiger charge is -2.53. The molecule has 2 aliphatic heterocycles. The largest absolute Gasteiger partial charge is 0.508 e. The predicted molar refractivity (Wildman–Crippen MR) is 209 cm³/mol. The van der Waals surface area contributed by atoms with Crippen molar-refractivity contribution in [2.45, 2.75) is 252 Å². The minimum Gasteiger partial charge on any atom is -0.431 e. The van der Waals surface area contributed by atoms with E-state index in [2.05, 4.69) is 13.8 Å². The van der Waals surface area contributed by atoms with Crippen LogP contribution in [0.3, 0.4) is 0 Å². The average Bonchev–Trinajstić information content (AvgIpc) is 3.02. The number of hydroxylamine groups is 4. The van der Waals surface area contributed by atoms with Gasteiger partial charge in [-0.15, -0.1) is 10.1 Å². The number of unbranched alkanes of at least 4 members (excludes halogenated alkanes) is 14. The quantitative estimate of drug-likeness (QED) is 0.0750. The molecule has 304 valence electrons. The van der Waals surface area contributed by atoms with Gasteiger partial charge in [0.2, 0.25) is 0 Å². The highest BCUT2D eigenvalue weighted by atomic mass is 16.7. The van der Waals surface area contributed by atoms with Gasteiger partial charge in [-0.3, -0.25) is 9.59 Å². The third-order valence-corrected chi connectivity index (χ3v) is 11.1. The summed E-state index contributed by atoms with van der Waals surface area (Å²) >= 11 is 0. The Bertz CT molecular complexity index is 1040. The molecule has 0 N–H and O–H groups in total. The number of piperidine rings is 2.